The van der Waals surface area contributed by atoms with Crippen LogP contribution in [-0.2, 0) is 0 Å². The van der Waals surface area contributed by atoms with Gasteiger partial charge in [-0.2, -0.15) is 5.26 Å². The lowest BCUT2D eigenvalue weighted by Crippen LogP contribution is -2.00. The molecule has 0 saturated carbocycles. The molecule has 0 spiro atoms. The van der Waals surface area contributed by atoms with E-state index in [4.69, 9.17) is 28.5 Å². The van der Waals surface area contributed by atoms with Gasteiger partial charge in [0.25, 0.3) is 0 Å². The lowest BCUT2D eigenvalue weighted by molar-refractivity contribution is 1.09. The molecule has 90 valence electrons. The minimum Gasteiger partial charge on any atom is -0.323 e. The fourth-order valence-corrected chi connectivity index (χ4v) is 1.73. The van der Waals surface area contributed by atoms with Crippen molar-refractivity contribution < 1.29 is 0 Å². The summed E-state index contributed by atoms with van der Waals surface area (Å²) in [6.07, 6.45) is 0. The van der Waals surface area contributed by atoms with Crippen molar-refractivity contribution >= 4 is 34.8 Å². The van der Waals surface area contributed by atoms with E-state index in [1.807, 2.05) is 6.07 Å². The van der Waals surface area contributed by atoms with Crippen molar-refractivity contribution in [3.8, 4) is 6.07 Å². The lowest BCUT2D eigenvalue weighted by atomic mass is 10.3. The van der Waals surface area contributed by atoms with Gasteiger partial charge in [-0.25, -0.2) is 9.97 Å². The van der Waals surface area contributed by atoms with Crippen molar-refractivity contribution in [3.05, 3.63) is 45.7 Å². The fourth-order valence-electron chi connectivity index (χ4n) is 1.40. The van der Waals surface area contributed by atoms with Gasteiger partial charge in [-0.1, -0.05) is 23.2 Å². The van der Waals surface area contributed by atoms with E-state index in [0.717, 1.165) is 0 Å². The van der Waals surface area contributed by atoms with Crippen LogP contribution in [0.5, 0.6) is 0 Å². The highest BCUT2D eigenvalue weighted by Crippen LogP contribution is 2.27. The van der Waals surface area contributed by atoms with Crippen LogP contribution in [0.3, 0.4) is 0 Å². The Morgan fingerprint density at radius 2 is 2.00 bits per heavy atom. The normalized spacial score (nSPS) is 9.89. The van der Waals surface area contributed by atoms with Crippen LogP contribution >= 0.6 is 23.2 Å². The maximum atomic E-state index is 8.84. The minimum atomic E-state index is 0.295. The quantitative estimate of drug-likeness (QED) is 0.910. The van der Waals surface area contributed by atoms with Crippen molar-refractivity contribution in [2.75, 3.05) is 5.32 Å². The predicted molar refractivity (Wildman–Crippen MR) is 71.2 cm³/mol. The van der Waals surface area contributed by atoms with Gasteiger partial charge in [-0.15, -0.1) is 0 Å². The molecule has 18 heavy (non-hydrogen) atoms. The number of nitrogens with one attached hydrogen (secondary N) is 1. The van der Waals surface area contributed by atoms with Crippen LogP contribution < -0.4 is 5.32 Å². The SMILES string of the molecule is Cc1cc(C#N)nc(Nc2cc(Cl)ccc2Cl)n1. The number of halogens is 2. The van der Waals surface area contributed by atoms with Gasteiger partial charge >= 0.3 is 0 Å². The standard InChI is InChI=1S/C12H8Cl2N4/c1-7-4-9(6-15)17-12(16-7)18-11-5-8(13)2-3-10(11)14/h2-5H,1H3,(H,16,17,18). The molecule has 0 aliphatic heterocycles. The summed E-state index contributed by atoms with van der Waals surface area (Å²) in [5.74, 6) is 0.315. The minimum absolute atomic E-state index is 0.295. The number of aryl methyl sites for hydroxylation is 1. The Kier molecular flexibility index (Phi) is 3.66. The van der Waals surface area contributed by atoms with Crippen LogP contribution in [0.15, 0.2) is 24.3 Å². The molecule has 6 heteroatoms. The van der Waals surface area contributed by atoms with Crippen LogP contribution in [0.1, 0.15) is 11.4 Å². The molecule has 2 aromatic rings. The van der Waals surface area contributed by atoms with Crippen LogP contribution in [0.25, 0.3) is 0 Å². The zero-order valence-electron chi connectivity index (χ0n) is 9.41. The maximum Gasteiger partial charge on any atom is 0.228 e. The van der Waals surface area contributed by atoms with Crippen LogP contribution in [-0.4, -0.2) is 9.97 Å². The second-order valence-electron chi connectivity index (χ2n) is 3.58. The number of benzene rings is 1. The van der Waals surface area contributed by atoms with Gasteiger partial charge in [-0.05, 0) is 31.2 Å². The highest BCUT2D eigenvalue weighted by molar-refractivity contribution is 6.35. The first-order valence-corrected chi connectivity index (χ1v) is 5.82. The highest BCUT2D eigenvalue weighted by Gasteiger charge is 2.06. The van der Waals surface area contributed by atoms with Crippen molar-refractivity contribution in [1.82, 2.24) is 9.97 Å². The summed E-state index contributed by atoms with van der Waals surface area (Å²) in [4.78, 5) is 8.21. The average molecular weight is 279 g/mol. The Labute approximate surface area is 114 Å². The van der Waals surface area contributed by atoms with Crippen molar-refractivity contribution in [3.63, 3.8) is 0 Å². The van der Waals surface area contributed by atoms with Crippen LogP contribution in [0.2, 0.25) is 10.0 Å². The third kappa shape index (κ3) is 2.89. The van der Waals surface area contributed by atoms with Gasteiger partial charge in [0, 0.05) is 10.7 Å². The molecule has 0 aliphatic carbocycles. The maximum absolute atomic E-state index is 8.84. The third-order valence-corrected chi connectivity index (χ3v) is 2.71. The van der Waals surface area contributed by atoms with E-state index >= 15 is 0 Å². The summed E-state index contributed by atoms with van der Waals surface area (Å²) in [5, 5.41) is 12.8. The van der Waals surface area contributed by atoms with Gasteiger partial charge in [0.1, 0.15) is 11.8 Å². The third-order valence-electron chi connectivity index (χ3n) is 2.14. The molecule has 2 rings (SSSR count). The molecule has 1 aromatic heterocycles. The number of rotatable bonds is 2. The summed E-state index contributed by atoms with van der Waals surface area (Å²) >= 11 is 11.9. The summed E-state index contributed by atoms with van der Waals surface area (Å²) in [5.41, 5.74) is 1.59. The Hall–Kier alpha value is -1.83. The smallest absolute Gasteiger partial charge is 0.228 e. The average Bonchev–Trinajstić information content (AvgIpc) is 2.33. The zero-order chi connectivity index (χ0) is 13.1. The monoisotopic (exact) mass is 278 g/mol. The molecule has 4 nitrogen and oxygen atoms in total. The molecule has 0 radical (unpaired) electrons. The number of nitriles is 1. The van der Waals surface area contributed by atoms with Crippen LogP contribution in [0, 0.1) is 18.3 Å². The first-order chi connectivity index (χ1) is 8.58. The summed E-state index contributed by atoms with van der Waals surface area (Å²) < 4.78 is 0. The van der Waals surface area contributed by atoms with E-state index in [1.54, 1.807) is 31.2 Å². The molecular formula is C12H8Cl2N4. The summed E-state index contributed by atoms with van der Waals surface area (Å²) in [7, 11) is 0. The van der Waals surface area contributed by atoms with E-state index in [-0.39, 0.29) is 0 Å². The first kappa shape index (κ1) is 12.6. The van der Waals surface area contributed by atoms with Gasteiger partial charge in [0.15, 0.2) is 0 Å². The molecule has 0 unspecified atom stereocenters. The molecule has 1 aromatic carbocycles. The number of aromatic nitrogens is 2. The van der Waals surface area contributed by atoms with Gasteiger partial charge in [0.05, 0.1) is 10.7 Å². The Bertz CT molecular complexity index is 634. The van der Waals surface area contributed by atoms with E-state index in [1.165, 1.54) is 0 Å². The molecular weight excluding hydrogens is 271 g/mol. The van der Waals surface area contributed by atoms with Gasteiger partial charge in [0.2, 0.25) is 5.95 Å². The topological polar surface area (TPSA) is 61.6 Å². The fraction of sp³-hybridized carbons (Fsp3) is 0.0833. The molecule has 0 aliphatic rings. The Morgan fingerprint density at radius 1 is 1.22 bits per heavy atom. The molecule has 0 saturated heterocycles. The molecule has 1 N–H and O–H groups in total. The number of nitrogens with zero attached hydrogens (tertiary/aromatic N) is 3. The number of hydrogen-bond donors (Lipinski definition) is 1. The van der Waals surface area contributed by atoms with Gasteiger partial charge < -0.3 is 5.32 Å². The van der Waals surface area contributed by atoms with Gasteiger partial charge in [-0.3, -0.25) is 0 Å². The van der Waals surface area contributed by atoms with Crippen LogP contribution in [0.4, 0.5) is 11.6 Å². The second-order valence-corrected chi connectivity index (χ2v) is 4.42. The van der Waals surface area contributed by atoms with E-state index in [2.05, 4.69) is 15.3 Å². The van der Waals surface area contributed by atoms with Crippen molar-refractivity contribution in [2.24, 2.45) is 0 Å². The molecule has 0 bridgehead atoms. The van der Waals surface area contributed by atoms with E-state index < -0.39 is 0 Å². The van der Waals surface area contributed by atoms with Crippen molar-refractivity contribution in [1.29, 1.82) is 5.26 Å². The summed E-state index contributed by atoms with van der Waals surface area (Å²) in [6, 6.07) is 8.60. The Morgan fingerprint density at radius 3 is 2.72 bits per heavy atom. The first-order valence-electron chi connectivity index (χ1n) is 5.06. The second kappa shape index (κ2) is 5.21. The molecule has 1 heterocycles. The zero-order valence-corrected chi connectivity index (χ0v) is 10.9. The van der Waals surface area contributed by atoms with Crippen molar-refractivity contribution in [2.45, 2.75) is 6.92 Å². The summed E-state index contributed by atoms with van der Waals surface area (Å²) in [6.45, 7) is 1.78. The number of anilines is 2. The van der Waals surface area contributed by atoms with E-state index in [9.17, 15) is 0 Å². The lowest BCUT2D eigenvalue weighted by Gasteiger charge is -2.08. The number of hydrogen-bond acceptors (Lipinski definition) is 4. The molecule has 0 amide bonds. The molecule has 0 atom stereocenters. The largest absolute Gasteiger partial charge is 0.323 e. The highest BCUT2D eigenvalue weighted by atomic mass is 35.5. The Balaban J connectivity index is 2.37. The molecule has 0 fully saturated rings. The predicted octanol–water partition coefficient (Wildman–Crippen LogP) is 3.71. The van der Waals surface area contributed by atoms with E-state index in [0.29, 0.717) is 33.1 Å².